The van der Waals surface area contributed by atoms with Crippen molar-refractivity contribution in [2.75, 3.05) is 6.61 Å². The average molecular weight is 893 g/mol. The van der Waals surface area contributed by atoms with E-state index in [1.807, 2.05) is 6.08 Å². The highest BCUT2D eigenvalue weighted by molar-refractivity contribution is 5.76. The molecular formula is C60H109NO3. The number of hydrogen-bond acceptors (Lipinski definition) is 3. The number of hydrogen-bond donors (Lipinski definition) is 3. The van der Waals surface area contributed by atoms with Gasteiger partial charge in [0, 0.05) is 6.42 Å². The number of aliphatic hydroxyl groups excluding tert-OH is 2. The van der Waals surface area contributed by atoms with Gasteiger partial charge in [-0.1, -0.05) is 267 Å². The fourth-order valence-electron chi connectivity index (χ4n) is 8.34. The van der Waals surface area contributed by atoms with Crippen molar-refractivity contribution >= 4 is 5.91 Å². The Kier molecular flexibility index (Phi) is 53.3. The molecule has 0 aliphatic carbocycles. The van der Waals surface area contributed by atoms with Gasteiger partial charge in [-0.15, -0.1) is 0 Å². The minimum atomic E-state index is -0.870. The molecule has 0 aromatic rings. The number of aliphatic hydroxyl groups is 2. The van der Waals surface area contributed by atoms with Crippen molar-refractivity contribution < 1.29 is 15.0 Å². The third-order valence-corrected chi connectivity index (χ3v) is 12.6. The quantitative estimate of drug-likeness (QED) is 0.0421. The summed E-state index contributed by atoms with van der Waals surface area (Å²) in [5, 5.41) is 23.0. The molecule has 0 fully saturated rings. The monoisotopic (exact) mass is 892 g/mol. The minimum absolute atomic E-state index is 0.0768. The predicted molar refractivity (Wildman–Crippen MR) is 285 cm³/mol. The molecule has 0 aliphatic rings. The summed E-state index contributed by atoms with van der Waals surface area (Å²) in [7, 11) is 0. The van der Waals surface area contributed by atoms with Crippen LogP contribution in [0.15, 0.2) is 72.9 Å². The van der Waals surface area contributed by atoms with Crippen LogP contribution in [0.4, 0.5) is 0 Å². The molecule has 2 atom stereocenters. The zero-order valence-corrected chi connectivity index (χ0v) is 42.8. The van der Waals surface area contributed by atoms with Crippen molar-refractivity contribution in [1.82, 2.24) is 5.32 Å². The third kappa shape index (κ3) is 50.8. The lowest BCUT2D eigenvalue weighted by molar-refractivity contribution is -0.123. The van der Waals surface area contributed by atoms with Crippen LogP contribution in [0.1, 0.15) is 284 Å². The highest BCUT2D eigenvalue weighted by Gasteiger charge is 2.18. The first-order valence-electron chi connectivity index (χ1n) is 28.2. The minimum Gasteiger partial charge on any atom is -0.394 e. The summed E-state index contributed by atoms with van der Waals surface area (Å²) in [6.45, 7) is 4.25. The molecule has 0 saturated carbocycles. The first kappa shape index (κ1) is 61.8. The Hall–Kier alpha value is -2.17. The smallest absolute Gasteiger partial charge is 0.220 e. The Morgan fingerprint density at radius 1 is 0.375 bits per heavy atom. The van der Waals surface area contributed by atoms with Gasteiger partial charge < -0.3 is 15.5 Å². The van der Waals surface area contributed by atoms with Gasteiger partial charge >= 0.3 is 0 Å². The number of carbonyl (C=O) groups excluding carboxylic acids is 1. The SMILES string of the molecule is CCCCC/C=C/CC/C=C/CC/C=C/C(O)C(CO)NC(=O)CCCCCCCCCCCCCCCCCCCCCCCCCC/C=C\C/C=C\C/C=C\CCCCCCC. The summed E-state index contributed by atoms with van der Waals surface area (Å²) in [6, 6.07) is -0.645. The van der Waals surface area contributed by atoms with Gasteiger partial charge in [-0.25, -0.2) is 0 Å². The molecule has 0 radical (unpaired) electrons. The third-order valence-electron chi connectivity index (χ3n) is 12.6. The van der Waals surface area contributed by atoms with Crippen molar-refractivity contribution in [3.8, 4) is 0 Å². The molecule has 4 heteroatoms. The molecule has 0 aliphatic heterocycles. The lowest BCUT2D eigenvalue weighted by Crippen LogP contribution is -2.45. The number of carbonyl (C=O) groups is 1. The Balaban J connectivity index is 3.43. The van der Waals surface area contributed by atoms with Crippen LogP contribution >= 0.6 is 0 Å². The van der Waals surface area contributed by atoms with E-state index in [1.165, 1.54) is 212 Å². The van der Waals surface area contributed by atoms with E-state index in [0.29, 0.717) is 6.42 Å². The van der Waals surface area contributed by atoms with Crippen molar-refractivity contribution in [3.63, 3.8) is 0 Å². The molecule has 0 aromatic heterocycles. The van der Waals surface area contributed by atoms with Crippen molar-refractivity contribution in [1.29, 1.82) is 0 Å². The lowest BCUT2D eigenvalue weighted by atomic mass is 10.0. The van der Waals surface area contributed by atoms with Gasteiger partial charge in [-0.2, -0.15) is 0 Å². The van der Waals surface area contributed by atoms with Crippen LogP contribution in [0.25, 0.3) is 0 Å². The van der Waals surface area contributed by atoms with Gasteiger partial charge in [0.1, 0.15) is 0 Å². The van der Waals surface area contributed by atoms with Gasteiger partial charge in [-0.05, 0) is 83.5 Å². The van der Waals surface area contributed by atoms with Gasteiger partial charge in [0.05, 0.1) is 18.8 Å². The molecule has 372 valence electrons. The number of amides is 1. The molecule has 0 heterocycles. The molecule has 0 saturated heterocycles. The van der Waals surface area contributed by atoms with Crippen molar-refractivity contribution in [2.45, 2.75) is 296 Å². The average Bonchev–Trinajstić information content (AvgIpc) is 3.30. The summed E-state index contributed by atoms with van der Waals surface area (Å²) in [4.78, 5) is 12.4. The topological polar surface area (TPSA) is 69.6 Å². The van der Waals surface area contributed by atoms with Crippen molar-refractivity contribution in [2.24, 2.45) is 0 Å². The summed E-state index contributed by atoms with van der Waals surface area (Å²) < 4.78 is 0. The maximum Gasteiger partial charge on any atom is 0.220 e. The molecule has 4 nitrogen and oxygen atoms in total. The van der Waals surface area contributed by atoms with Gasteiger partial charge in [-0.3, -0.25) is 4.79 Å². The largest absolute Gasteiger partial charge is 0.394 e. The van der Waals surface area contributed by atoms with Crippen LogP contribution in [0, 0.1) is 0 Å². The Morgan fingerprint density at radius 2 is 0.656 bits per heavy atom. The van der Waals surface area contributed by atoms with Crippen LogP contribution in [-0.4, -0.2) is 34.9 Å². The maximum absolute atomic E-state index is 12.4. The summed E-state index contributed by atoms with van der Waals surface area (Å²) in [5.41, 5.74) is 0. The molecule has 0 spiro atoms. The Bertz CT molecular complexity index is 1100. The van der Waals surface area contributed by atoms with Crippen LogP contribution in [0.5, 0.6) is 0 Å². The second-order valence-corrected chi connectivity index (χ2v) is 19.0. The van der Waals surface area contributed by atoms with E-state index in [0.717, 1.165) is 51.4 Å². The molecule has 2 unspecified atom stereocenters. The molecule has 0 aromatic carbocycles. The fourth-order valence-corrected chi connectivity index (χ4v) is 8.34. The zero-order valence-electron chi connectivity index (χ0n) is 42.8. The fraction of sp³-hybridized carbons (Fsp3) is 0.783. The van der Waals surface area contributed by atoms with E-state index in [2.05, 4.69) is 79.9 Å². The number of allylic oxidation sites excluding steroid dienone is 11. The summed E-state index contributed by atoms with van der Waals surface area (Å²) >= 11 is 0. The second-order valence-electron chi connectivity index (χ2n) is 19.0. The predicted octanol–water partition coefficient (Wildman–Crippen LogP) is 18.6. The molecule has 3 N–H and O–H groups in total. The summed E-state index contributed by atoms with van der Waals surface area (Å²) in [6.07, 6.45) is 79.4. The Morgan fingerprint density at radius 3 is 1.05 bits per heavy atom. The number of rotatable bonds is 51. The van der Waals surface area contributed by atoms with Crippen molar-refractivity contribution in [3.05, 3.63) is 72.9 Å². The van der Waals surface area contributed by atoms with Gasteiger partial charge in [0.25, 0.3) is 0 Å². The number of nitrogens with one attached hydrogen (secondary N) is 1. The maximum atomic E-state index is 12.4. The van der Waals surface area contributed by atoms with E-state index in [9.17, 15) is 15.0 Å². The second kappa shape index (κ2) is 55.2. The first-order chi connectivity index (χ1) is 31.7. The van der Waals surface area contributed by atoms with E-state index in [4.69, 9.17) is 0 Å². The van der Waals surface area contributed by atoms with Crippen LogP contribution in [-0.2, 0) is 4.79 Å². The van der Waals surface area contributed by atoms with Crippen LogP contribution in [0.2, 0.25) is 0 Å². The normalized spacial score (nSPS) is 13.4. The first-order valence-corrected chi connectivity index (χ1v) is 28.2. The molecule has 0 rings (SSSR count). The highest BCUT2D eigenvalue weighted by Crippen LogP contribution is 2.17. The standard InChI is InChI=1S/C60H109NO3/c1-3-5-7-9-11-13-15-17-18-19-20-21-22-23-24-25-26-27-28-29-30-31-32-33-34-35-36-37-38-39-40-41-42-44-46-48-50-52-54-56-60(64)61-58(57-62)59(63)55-53-51-49-47-45-43-16-14-12-10-8-6-4-2/h12,14-15,17,19-20,22-23,45,47,53,55,58-59,62-63H,3-11,13,16,18,21,24-44,46,48-52,54,56-57H2,1-2H3,(H,61,64)/b14-12+,17-15-,20-19-,23-22-,47-45+,55-53+. The molecule has 64 heavy (non-hydrogen) atoms. The van der Waals surface area contributed by atoms with E-state index in [-0.39, 0.29) is 12.5 Å². The zero-order chi connectivity index (χ0) is 46.3. The van der Waals surface area contributed by atoms with E-state index in [1.54, 1.807) is 6.08 Å². The number of unbranched alkanes of at least 4 members (excludes halogenated alkanes) is 34. The van der Waals surface area contributed by atoms with E-state index >= 15 is 0 Å². The van der Waals surface area contributed by atoms with Crippen LogP contribution < -0.4 is 5.32 Å². The molecule has 0 bridgehead atoms. The highest BCUT2D eigenvalue weighted by atomic mass is 16.3. The molecule has 1 amide bonds. The Labute approximate surface area is 399 Å². The van der Waals surface area contributed by atoms with Crippen LogP contribution in [0.3, 0.4) is 0 Å². The van der Waals surface area contributed by atoms with Gasteiger partial charge in [0.2, 0.25) is 5.91 Å². The summed E-state index contributed by atoms with van der Waals surface area (Å²) in [5.74, 6) is -0.0768. The lowest BCUT2D eigenvalue weighted by Gasteiger charge is -2.19. The van der Waals surface area contributed by atoms with E-state index < -0.39 is 12.1 Å². The molecular weight excluding hydrogens is 783 g/mol. The van der Waals surface area contributed by atoms with Gasteiger partial charge in [0.15, 0.2) is 0 Å².